The van der Waals surface area contributed by atoms with Gasteiger partial charge in [-0.3, -0.25) is 0 Å². The Morgan fingerprint density at radius 1 is 0.354 bits per heavy atom. The van der Waals surface area contributed by atoms with Crippen LogP contribution in [0.2, 0.25) is 0 Å². The van der Waals surface area contributed by atoms with Crippen LogP contribution in [0.1, 0.15) is 221 Å². The van der Waals surface area contributed by atoms with Crippen LogP contribution in [0.4, 0.5) is 0 Å². The third-order valence-electron chi connectivity index (χ3n) is 11.2. The zero-order valence-corrected chi connectivity index (χ0v) is 34.4. The third kappa shape index (κ3) is 30.6. The first-order chi connectivity index (χ1) is 23.4. The monoisotopic (exact) mass is 679 g/mol. The van der Waals surface area contributed by atoms with E-state index in [1.54, 1.807) is 0 Å². The molecule has 0 bridgehead atoms. The van der Waals surface area contributed by atoms with Gasteiger partial charge in [-0.15, -0.1) is 0 Å². The Kier molecular flexibility index (Phi) is 36.5. The summed E-state index contributed by atoms with van der Waals surface area (Å²) in [5, 5.41) is 0. The van der Waals surface area contributed by atoms with Crippen molar-refractivity contribution < 1.29 is 0 Å². The van der Waals surface area contributed by atoms with E-state index in [0.29, 0.717) is 23.9 Å². The Labute approximate surface area is 305 Å². The van der Waals surface area contributed by atoms with Crippen LogP contribution in [-0.2, 0) is 0 Å². The lowest BCUT2D eigenvalue weighted by Crippen LogP contribution is -2.40. The second kappa shape index (κ2) is 36.6. The van der Waals surface area contributed by atoms with Crippen molar-refractivity contribution in [3.8, 4) is 0 Å². The number of nitrogens with two attached hydrogens (primary N) is 2. The van der Waals surface area contributed by atoms with Gasteiger partial charge < -0.3 is 21.3 Å². The number of nitrogens with zero attached hydrogens (tertiary/aromatic N) is 2. The summed E-state index contributed by atoms with van der Waals surface area (Å²) in [6.07, 6.45) is 39.6. The third-order valence-corrected chi connectivity index (χ3v) is 11.2. The molecule has 0 aromatic heterocycles. The van der Waals surface area contributed by atoms with Crippen LogP contribution in [-0.4, -0.2) is 61.2 Å². The minimum absolute atomic E-state index is 0.576. The fourth-order valence-electron chi connectivity index (χ4n) is 7.49. The topological polar surface area (TPSA) is 58.5 Å². The van der Waals surface area contributed by atoms with Gasteiger partial charge >= 0.3 is 0 Å². The molecule has 0 amide bonds. The van der Waals surface area contributed by atoms with Gasteiger partial charge in [-0.25, -0.2) is 0 Å². The quantitative estimate of drug-likeness (QED) is 0.0635. The van der Waals surface area contributed by atoms with Crippen molar-refractivity contribution >= 4 is 0 Å². The van der Waals surface area contributed by atoms with Gasteiger partial charge in [-0.1, -0.05) is 182 Å². The number of unbranched alkanes of at least 4 members (excludes halogenated alkanes) is 23. The summed E-state index contributed by atoms with van der Waals surface area (Å²) >= 11 is 0. The zero-order chi connectivity index (χ0) is 35.5. The van der Waals surface area contributed by atoms with Crippen molar-refractivity contribution in [3.63, 3.8) is 0 Å². The lowest BCUT2D eigenvalue weighted by Gasteiger charge is -2.33. The summed E-state index contributed by atoms with van der Waals surface area (Å²) in [6, 6.07) is 1.33. The van der Waals surface area contributed by atoms with Gasteiger partial charge in [0.25, 0.3) is 0 Å². The normalized spacial score (nSPS) is 14.6. The summed E-state index contributed by atoms with van der Waals surface area (Å²) < 4.78 is 0. The first-order valence-corrected chi connectivity index (χ1v) is 22.3. The van der Waals surface area contributed by atoms with E-state index in [2.05, 4.69) is 51.3 Å². The summed E-state index contributed by atoms with van der Waals surface area (Å²) in [7, 11) is 0. The van der Waals surface area contributed by atoms with Crippen molar-refractivity contribution in [1.82, 2.24) is 9.80 Å². The molecule has 0 saturated carbocycles. The SMILES string of the molecule is CCCCCCCCCCCCCCC(C)N(CCCCN(CC(C)CN)C(C)CCCCCCCCCCCCCC)CC(C)CN. The first kappa shape index (κ1) is 47.8. The highest BCUT2D eigenvalue weighted by atomic mass is 15.2. The Morgan fingerprint density at radius 2 is 0.604 bits per heavy atom. The highest BCUT2D eigenvalue weighted by molar-refractivity contribution is 4.74. The van der Waals surface area contributed by atoms with E-state index >= 15 is 0 Å². The summed E-state index contributed by atoms with van der Waals surface area (Å²) in [5.41, 5.74) is 12.2. The van der Waals surface area contributed by atoms with Crippen molar-refractivity contribution in [1.29, 1.82) is 0 Å². The molecule has 0 rings (SSSR count). The number of hydrogen-bond donors (Lipinski definition) is 2. The number of hydrogen-bond acceptors (Lipinski definition) is 4. The Bertz CT molecular complexity index is 561. The molecule has 290 valence electrons. The van der Waals surface area contributed by atoms with Crippen molar-refractivity contribution in [2.45, 2.75) is 233 Å². The highest BCUT2D eigenvalue weighted by Gasteiger charge is 2.18. The molecule has 0 fully saturated rings. The molecule has 0 heterocycles. The van der Waals surface area contributed by atoms with Crippen LogP contribution < -0.4 is 11.5 Å². The predicted molar refractivity (Wildman–Crippen MR) is 219 cm³/mol. The van der Waals surface area contributed by atoms with Crippen LogP contribution in [0.25, 0.3) is 0 Å². The molecule has 4 nitrogen and oxygen atoms in total. The largest absolute Gasteiger partial charge is 0.330 e. The predicted octanol–water partition coefficient (Wildman–Crippen LogP) is 12.5. The van der Waals surface area contributed by atoms with Gasteiger partial charge in [0.1, 0.15) is 0 Å². The van der Waals surface area contributed by atoms with Crippen molar-refractivity contribution in [3.05, 3.63) is 0 Å². The lowest BCUT2D eigenvalue weighted by molar-refractivity contribution is 0.150. The molecule has 4 unspecified atom stereocenters. The van der Waals surface area contributed by atoms with Gasteiger partial charge in [0.05, 0.1) is 0 Å². The van der Waals surface area contributed by atoms with E-state index in [-0.39, 0.29) is 0 Å². The molecule has 0 aromatic rings. The summed E-state index contributed by atoms with van der Waals surface area (Å²) in [6.45, 7) is 20.6. The van der Waals surface area contributed by atoms with Crippen molar-refractivity contribution in [2.24, 2.45) is 23.3 Å². The van der Waals surface area contributed by atoms with Gasteiger partial charge in [0.15, 0.2) is 0 Å². The van der Waals surface area contributed by atoms with Crippen LogP contribution >= 0.6 is 0 Å². The lowest BCUT2D eigenvalue weighted by atomic mass is 10.0. The minimum Gasteiger partial charge on any atom is -0.330 e. The van der Waals surface area contributed by atoms with Gasteiger partial charge in [-0.2, -0.15) is 0 Å². The van der Waals surface area contributed by atoms with Gasteiger partial charge in [0, 0.05) is 25.2 Å². The molecular formula is C44H94N4. The average Bonchev–Trinajstić information content (AvgIpc) is 3.09. The Morgan fingerprint density at radius 3 is 0.854 bits per heavy atom. The van der Waals surface area contributed by atoms with E-state index in [1.807, 2.05) is 0 Å². The number of rotatable bonds is 39. The van der Waals surface area contributed by atoms with E-state index < -0.39 is 0 Å². The van der Waals surface area contributed by atoms with Crippen LogP contribution in [0, 0.1) is 11.8 Å². The first-order valence-electron chi connectivity index (χ1n) is 22.3. The smallest absolute Gasteiger partial charge is 0.00670 e. The molecule has 0 aliphatic heterocycles. The molecule has 0 aliphatic carbocycles. The molecule has 0 aromatic carbocycles. The zero-order valence-electron chi connectivity index (χ0n) is 34.4. The van der Waals surface area contributed by atoms with Gasteiger partial charge in [0.2, 0.25) is 0 Å². The maximum absolute atomic E-state index is 6.09. The molecule has 0 aliphatic rings. The molecular weight excluding hydrogens is 585 g/mol. The molecule has 4 atom stereocenters. The molecule has 0 spiro atoms. The van der Waals surface area contributed by atoms with E-state index in [9.17, 15) is 0 Å². The summed E-state index contributed by atoms with van der Waals surface area (Å²) in [4.78, 5) is 5.55. The molecule has 0 radical (unpaired) electrons. The fraction of sp³-hybridized carbons (Fsp3) is 1.00. The maximum atomic E-state index is 6.09. The minimum atomic E-state index is 0.576. The maximum Gasteiger partial charge on any atom is 0.00670 e. The van der Waals surface area contributed by atoms with Crippen LogP contribution in [0.3, 0.4) is 0 Å². The van der Waals surface area contributed by atoms with E-state index in [0.717, 1.165) is 26.2 Å². The van der Waals surface area contributed by atoms with Gasteiger partial charge in [-0.05, 0) is 77.5 Å². The Hall–Kier alpha value is -0.160. The van der Waals surface area contributed by atoms with Crippen LogP contribution in [0.5, 0.6) is 0 Å². The van der Waals surface area contributed by atoms with E-state index in [1.165, 1.54) is 193 Å². The molecule has 0 saturated heterocycles. The van der Waals surface area contributed by atoms with Crippen molar-refractivity contribution in [2.75, 3.05) is 39.3 Å². The Balaban J connectivity index is 4.35. The van der Waals surface area contributed by atoms with Crippen LogP contribution in [0.15, 0.2) is 0 Å². The highest BCUT2D eigenvalue weighted by Crippen LogP contribution is 2.18. The molecule has 4 heteroatoms. The fourth-order valence-corrected chi connectivity index (χ4v) is 7.49. The molecule has 48 heavy (non-hydrogen) atoms. The average molecular weight is 679 g/mol. The van der Waals surface area contributed by atoms with E-state index in [4.69, 9.17) is 11.5 Å². The second-order valence-corrected chi connectivity index (χ2v) is 16.4. The second-order valence-electron chi connectivity index (χ2n) is 16.4. The summed E-state index contributed by atoms with van der Waals surface area (Å²) in [5.74, 6) is 1.15. The standard InChI is InChI=1S/C44H94N4/c1-7-9-11-13-15-17-19-21-23-25-27-29-33-43(5)47(39-41(3)37-45)35-31-32-36-48(40-42(4)38-46)44(6)34-30-28-26-24-22-20-18-16-14-12-10-8-2/h41-44H,7-40,45-46H2,1-6H3. The molecule has 4 N–H and O–H groups in total.